The van der Waals surface area contributed by atoms with Crippen LogP contribution in [0.2, 0.25) is 5.02 Å². The molecule has 3 aromatic heterocycles. The summed E-state index contributed by atoms with van der Waals surface area (Å²) in [5.41, 5.74) is 0.540. The predicted molar refractivity (Wildman–Crippen MR) is 189 cm³/mol. The molecule has 0 aliphatic carbocycles. The van der Waals surface area contributed by atoms with Gasteiger partial charge in [0.25, 0.3) is 11.8 Å². The van der Waals surface area contributed by atoms with E-state index in [1.165, 1.54) is 42.2 Å². The minimum absolute atomic E-state index is 0.00320. The number of amides is 3. The third-order valence-electron chi connectivity index (χ3n) is 9.95. The Morgan fingerprint density at radius 2 is 1.74 bits per heavy atom. The van der Waals surface area contributed by atoms with Gasteiger partial charge in [0.05, 0.1) is 46.0 Å². The van der Waals surface area contributed by atoms with Crippen molar-refractivity contribution in [3.63, 3.8) is 0 Å². The number of carboxylic acids is 1. The molecule has 3 N–H and O–H groups in total. The van der Waals surface area contributed by atoms with Gasteiger partial charge in [0.2, 0.25) is 5.91 Å². The number of pyridine rings is 1. The summed E-state index contributed by atoms with van der Waals surface area (Å²) in [6, 6.07) is 7.68. The van der Waals surface area contributed by atoms with Crippen LogP contribution < -0.4 is 10.6 Å². The predicted octanol–water partition coefficient (Wildman–Crippen LogP) is 3.64. The van der Waals surface area contributed by atoms with Crippen molar-refractivity contribution in [3.05, 3.63) is 70.5 Å². The van der Waals surface area contributed by atoms with Crippen LogP contribution >= 0.6 is 11.6 Å². The lowest BCUT2D eigenvalue weighted by atomic mass is 9.95. The first-order valence-corrected chi connectivity index (χ1v) is 17.7. The van der Waals surface area contributed by atoms with Crippen molar-refractivity contribution in [3.8, 4) is 17.1 Å². The number of benzene rings is 1. The second-order valence-corrected chi connectivity index (χ2v) is 13.8. The lowest BCUT2D eigenvalue weighted by Gasteiger charge is -2.38. The molecule has 15 nitrogen and oxygen atoms in total. The SMILES string of the molecule is Cn1c(-c2cn(-c3ccc4c(n3)CCN4)nc2C(F)(F)F)cnc1C(=O)Nc1ccc(C(=O)N2CCN(C(=O)C3CCN(CC(=O)O)CC3)CC2)c(Cl)c1. The number of nitrogens with zero attached hydrogens (tertiary/aromatic N) is 8. The van der Waals surface area contributed by atoms with E-state index in [2.05, 4.69) is 25.7 Å². The number of carbonyl (C=O) groups excluding carboxylic acids is 3. The molecule has 7 rings (SSSR count). The second-order valence-electron chi connectivity index (χ2n) is 13.4. The van der Waals surface area contributed by atoms with Gasteiger partial charge in [-0.15, -0.1) is 0 Å². The van der Waals surface area contributed by atoms with E-state index < -0.39 is 23.7 Å². The standard InChI is InChI=1S/C35H36ClF3N10O5/c1-45-27(23-18-49(44-30(23)35(37,38)39)28-5-4-25-26(43-28)6-9-40-25)17-41-31(45)32(52)42-21-2-3-22(24(36)16-21)34(54)48-14-12-47(13-15-48)33(53)20-7-10-46(11-8-20)19-29(50)51/h2-5,16-18,20,40H,6-15,19H2,1H3,(H,42,52)(H,50,51). The van der Waals surface area contributed by atoms with E-state index >= 15 is 0 Å². The van der Waals surface area contributed by atoms with Gasteiger partial charge in [-0.3, -0.25) is 24.1 Å². The van der Waals surface area contributed by atoms with Gasteiger partial charge in [-0.25, -0.2) is 14.6 Å². The van der Waals surface area contributed by atoms with Crippen molar-refractivity contribution in [1.29, 1.82) is 0 Å². The van der Waals surface area contributed by atoms with Gasteiger partial charge in [0.1, 0.15) is 0 Å². The van der Waals surface area contributed by atoms with E-state index in [9.17, 15) is 32.3 Å². The zero-order valence-corrected chi connectivity index (χ0v) is 29.8. The largest absolute Gasteiger partial charge is 0.480 e. The van der Waals surface area contributed by atoms with E-state index in [4.69, 9.17) is 16.7 Å². The highest BCUT2D eigenvalue weighted by molar-refractivity contribution is 6.34. The molecule has 6 heterocycles. The topological polar surface area (TPSA) is 171 Å². The van der Waals surface area contributed by atoms with Crippen LogP contribution in [0.4, 0.5) is 24.5 Å². The minimum Gasteiger partial charge on any atom is -0.480 e. The van der Waals surface area contributed by atoms with Crippen LogP contribution in [0.5, 0.6) is 0 Å². The number of piperidine rings is 1. The normalized spacial score (nSPS) is 16.6. The maximum Gasteiger partial charge on any atom is 0.435 e. The van der Waals surface area contributed by atoms with Crippen molar-refractivity contribution in [1.82, 2.24) is 39.0 Å². The Morgan fingerprint density at radius 3 is 2.43 bits per heavy atom. The number of alkyl halides is 3. The Kier molecular flexibility index (Phi) is 10.1. The zero-order chi connectivity index (χ0) is 38.3. The number of aliphatic carboxylic acids is 1. The molecule has 3 aliphatic heterocycles. The van der Waals surface area contributed by atoms with Crippen LogP contribution in [0.25, 0.3) is 17.1 Å². The lowest BCUT2D eigenvalue weighted by Crippen LogP contribution is -2.53. The molecule has 0 saturated carbocycles. The molecular formula is C35H36ClF3N10O5. The molecule has 3 aliphatic rings. The third-order valence-corrected chi connectivity index (χ3v) is 10.3. The van der Waals surface area contributed by atoms with Crippen LogP contribution in [0, 0.1) is 5.92 Å². The minimum atomic E-state index is -4.81. The number of likely N-dealkylation sites (tertiary alicyclic amines) is 1. The van der Waals surface area contributed by atoms with Gasteiger partial charge in [0.15, 0.2) is 17.3 Å². The highest BCUT2D eigenvalue weighted by Gasteiger charge is 2.39. The van der Waals surface area contributed by atoms with Crippen molar-refractivity contribution >= 4 is 46.7 Å². The molecule has 0 bridgehead atoms. The summed E-state index contributed by atoms with van der Waals surface area (Å²) in [7, 11) is 1.42. The molecule has 2 saturated heterocycles. The molecule has 3 amide bonds. The van der Waals surface area contributed by atoms with Crippen LogP contribution in [0.15, 0.2) is 42.7 Å². The summed E-state index contributed by atoms with van der Waals surface area (Å²) < 4.78 is 44.9. The number of fused-ring (bicyclic) bond motifs is 1. The summed E-state index contributed by atoms with van der Waals surface area (Å²) in [5.74, 6) is -2.09. The van der Waals surface area contributed by atoms with Crippen LogP contribution in [0.1, 0.15) is 45.2 Å². The Hall–Kier alpha value is -5.49. The van der Waals surface area contributed by atoms with Gasteiger partial charge in [-0.2, -0.15) is 18.3 Å². The van der Waals surface area contributed by atoms with Gasteiger partial charge < -0.3 is 30.1 Å². The van der Waals surface area contributed by atoms with E-state index in [0.29, 0.717) is 65.1 Å². The molecule has 0 unspecified atom stereocenters. The summed E-state index contributed by atoms with van der Waals surface area (Å²) in [5, 5.41) is 18.7. The molecular weight excluding hydrogens is 733 g/mol. The fraction of sp³-hybridized carbons (Fsp3) is 0.400. The number of nitrogens with one attached hydrogen (secondary N) is 2. The van der Waals surface area contributed by atoms with E-state index in [0.717, 1.165) is 16.1 Å². The van der Waals surface area contributed by atoms with Crippen molar-refractivity contribution < 1.29 is 37.5 Å². The zero-order valence-electron chi connectivity index (χ0n) is 29.1. The monoisotopic (exact) mass is 768 g/mol. The molecule has 0 radical (unpaired) electrons. The number of hydrogen-bond donors (Lipinski definition) is 3. The summed E-state index contributed by atoms with van der Waals surface area (Å²) in [6.07, 6.45) is -0.629. The average molecular weight is 769 g/mol. The first-order valence-electron chi connectivity index (χ1n) is 17.3. The summed E-state index contributed by atoms with van der Waals surface area (Å²) in [4.78, 5) is 64.5. The molecule has 4 aromatic rings. The smallest absolute Gasteiger partial charge is 0.435 e. The number of aromatic nitrogens is 5. The lowest BCUT2D eigenvalue weighted by molar-refractivity contribution is -0.141. The van der Waals surface area contributed by atoms with E-state index in [-0.39, 0.29) is 63.5 Å². The fourth-order valence-corrected chi connectivity index (χ4v) is 7.35. The molecule has 0 spiro atoms. The quantitative estimate of drug-likeness (QED) is 0.241. The number of piperazine rings is 1. The molecule has 54 heavy (non-hydrogen) atoms. The van der Waals surface area contributed by atoms with Gasteiger partial charge in [0, 0.05) is 64.0 Å². The van der Waals surface area contributed by atoms with Gasteiger partial charge in [-0.05, 0) is 56.3 Å². The Morgan fingerprint density at radius 1 is 1.02 bits per heavy atom. The number of carboxylic acid groups (broad SMARTS) is 1. The molecule has 19 heteroatoms. The second kappa shape index (κ2) is 14.7. The van der Waals surface area contributed by atoms with Crippen molar-refractivity contribution in [2.45, 2.75) is 25.4 Å². The first-order chi connectivity index (χ1) is 25.8. The molecule has 284 valence electrons. The van der Waals surface area contributed by atoms with Crippen LogP contribution in [-0.2, 0) is 29.2 Å². The Labute approximate surface area is 311 Å². The number of halogens is 4. The first kappa shape index (κ1) is 36.9. The Bertz CT molecular complexity index is 2120. The number of anilines is 2. The maximum absolute atomic E-state index is 14.2. The maximum atomic E-state index is 14.2. The third kappa shape index (κ3) is 7.48. The van der Waals surface area contributed by atoms with Gasteiger partial charge >= 0.3 is 12.1 Å². The average Bonchev–Trinajstić information content (AvgIpc) is 3.89. The Balaban J connectivity index is 0.987. The van der Waals surface area contributed by atoms with E-state index in [1.54, 1.807) is 21.9 Å². The highest BCUT2D eigenvalue weighted by atomic mass is 35.5. The highest BCUT2D eigenvalue weighted by Crippen LogP contribution is 2.37. The number of hydrogen-bond acceptors (Lipinski definition) is 9. The van der Waals surface area contributed by atoms with Crippen molar-refractivity contribution in [2.24, 2.45) is 13.0 Å². The van der Waals surface area contributed by atoms with Crippen LogP contribution in [0.3, 0.4) is 0 Å². The van der Waals surface area contributed by atoms with Gasteiger partial charge in [-0.1, -0.05) is 11.6 Å². The molecule has 0 atom stereocenters. The van der Waals surface area contributed by atoms with E-state index in [1.807, 2.05) is 4.90 Å². The number of carbonyl (C=O) groups is 4. The van der Waals surface area contributed by atoms with Crippen LogP contribution in [-0.4, -0.2) is 120 Å². The van der Waals surface area contributed by atoms with Crippen molar-refractivity contribution in [2.75, 3.05) is 63.0 Å². The number of imidazole rings is 1. The molecule has 2 fully saturated rings. The summed E-state index contributed by atoms with van der Waals surface area (Å²) >= 11 is 6.51. The molecule has 1 aromatic carbocycles. The number of rotatable bonds is 8. The summed E-state index contributed by atoms with van der Waals surface area (Å²) in [6.45, 7) is 3.03. The fourth-order valence-electron chi connectivity index (χ4n) is 7.08.